The lowest BCUT2D eigenvalue weighted by Gasteiger charge is -2.51. The van der Waals surface area contributed by atoms with Crippen molar-refractivity contribution in [1.29, 1.82) is 0 Å². The highest BCUT2D eigenvalue weighted by molar-refractivity contribution is 7.89. The van der Waals surface area contributed by atoms with Crippen LogP contribution in [0.5, 0.6) is 0 Å². The molecule has 0 saturated carbocycles. The van der Waals surface area contributed by atoms with Crippen LogP contribution >= 0.6 is 0 Å². The molecule has 4 aromatic carbocycles. The molecule has 9 heteroatoms. The SMILES string of the molecule is Cc1ccc(S(=O)(=O)N2[C@H](c3ccccc3)CC(=O)[C@@H]3CN(S(=O)(=O)c4cccc(C)c4)[C@H](c4ccccc4)C[C@@H]32)cc1. The number of carbonyl (C=O) groups excluding carboxylic acids is 1. The molecule has 0 amide bonds. The largest absolute Gasteiger partial charge is 0.299 e. The fourth-order valence-corrected chi connectivity index (χ4v) is 10.1. The Kier molecular flexibility index (Phi) is 7.85. The van der Waals surface area contributed by atoms with Gasteiger partial charge in [0, 0.05) is 24.9 Å². The van der Waals surface area contributed by atoms with Gasteiger partial charge in [-0.05, 0) is 61.2 Å². The number of Topliss-reactive ketones (excluding diaryl/α,β-unsaturated/α-hetero) is 1. The molecular formula is C34H34N2O5S2. The van der Waals surface area contributed by atoms with Gasteiger partial charge < -0.3 is 0 Å². The molecular weight excluding hydrogens is 581 g/mol. The molecule has 0 N–H and O–H groups in total. The van der Waals surface area contributed by atoms with E-state index in [9.17, 15) is 21.6 Å². The van der Waals surface area contributed by atoms with Gasteiger partial charge in [-0.3, -0.25) is 4.79 Å². The number of rotatable bonds is 6. The third-order valence-corrected chi connectivity index (χ3v) is 12.5. The zero-order valence-electron chi connectivity index (χ0n) is 24.1. The Labute approximate surface area is 253 Å². The van der Waals surface area contributed by atoms with Crippen LogP contribution in [0.2, 0.25) is 0 Å². The summed E-state index contributed by atoms with van der Waals surface area (Å²) in [6, 6.07) is 29.9. The molecule has 2 aliphatic heterocycles. The monoisotopic (exact) mass is 614 g/mol. The average Bonchev–Trinajstić information content (AvgIpc) is 3.01. The lowest BCUT2D eigenvalue weighted by Crippen LogP contribution is -2.60. The van der Waals surface area contributed by atoms with Gasteiger partial charge in [0.05, 0.1) is 21.9 Å². The van der Waals surface area contributed by atoms with E-state index in [0.29, 0.717) is 0 Å². The molecule has 0 spiro atoms. The summed E-state index contributed by atoms with van der Waals surface area (Å²) in [5, 5.41) is 0. The number of fused-ring (bicyclic) bond motifs is 1. The van der Waals surface area contributed by atoms with Crippen LogP contribution in [-0.2, 0) is 24.8 Å². The molecule has 2 heterocycles. The summed E-state index contributed by atoms with van der Waals surface area (Å²) >= 11 is 0. The maximum absolute atomic E-state index is 14.5. The Morgan fingerprint density at radius 3 is 1.84 bits per heavy atom. The molecule has 4 atom stereocenters. The van der Waals surface area contributed by atoms with Gasteiger partial charge in [-0.25, -0.2) is 16.8 Å². The molecule has 6 rings (SSSR count). The van der Waals surface area contributed by atoms with Crippen molar-refractivity contribution >= 4 is 25.8 Å². The summed E-state index contributed by atoms with van der Waals surface area (Å²) in [5.74, 6) is -0.954. The molecule has 2 saturated heterocycles. The molecule has 0 radical (unpaired) electrons. The van der Waals surface area contributed by atoms with Crippen molar-refractivity contribution in [2.75, 3.05) is 6.54 Å². The van der Waals surface area contributed by atoms with Crippen LogP contribution < -0.4 is 0 Å². The van der Waals surface area contributed by atoms with Gasteiger partial charge in [-0.15, -0.1) is 0 Å². The first kappa shape index (κ1) is 29.4. The highest BCUT2D eigenvalue weighted by Crippen LogP contribution is 2.48. The highest BCUT2D eigenvalue weighted by Gasteiger charge is 2.54. The maximum atomic E-state index is 14.5. The summed E-state index contributed by atoms with van der Waals surface area (Å²) in [7, 11) is -8.09. The number of hydrogen-bond acceptors (Lipinski definition) is 5. The minimum absolute atomic E-state index is 0.0371. The topological polar surface area (TPSA) is 91.8 Å². The third kappa shape index (κ3) is 5.47. The Morgan fingerprint density at radius 1 is 0.628 bits per heavy atom. The van der Waals surface area contributed by atoms with E-state index in [0.717, 1.165) is 22.3 Å². The van der Waals surface area contributed by atoms with E-state index in [4.69, 9.17) is 0 Å². The number of benzene rings is 4. The number of nitrogens with zero attached hydrogens (tertiary/aromatic N) is 2. The van der Waals surface area contributed by atoms with Gasteiger partial charge in [0.25, 0.3) is 0 Å². The minimum atomic E-state index is -4.07. The van der Waals surface area contributed by atoms with Crippen molar-refractivity contribution < 1.29 is 21.6 Å². The van der Waals surface area contributed by atoms with E-state index in [1.165, 1.54) is 8.61 Å². The molecule has 43 heavy (non-hydrogen) atoms. The van der Waals surface area contributed by atoms with Crippen molar-refractivity contribution in [3.8, 4) is 0 Å². The summed E-state index contributed by atoms with van der Waals surface area (Å²) in [6.07, 6.45) is 0.102. The summed E-state index contributed by atoms with van der Waals surface area (Å²) in [6.45, 7) is 3.62. The Hall–Kier alpha value is -3.63. The Bertz CT molecular complexity index is 1840. The van der Waals surface area contributed by atoms with Gasteiger partial charge in [-0.2, -0.15) is 8.61 Å². The van der Waals surface area contributed by atoms with Gasteiger partial charge >= 0.3 is 0 Å². The maximum Gasteiger partial charge on any atom is 0.243 e. The Balaban J connectivity index is 1.50. The van der Waals surface area contributed by atoms with E-state index in [1.54, 1.807) is 42.5 Å². The summed E-state index contributed by atoms with van der Waals surface area (Å²) < 4.78 is 60.3. The summed E-state index contributed by atoms with van der Waals surface area (Å²) in [4.78, 5) is 14.2. The number of piperidine rings is 2. The smallest absolute Gasteiger partial charge is 0.243 e. The molecule has 0 bridgehead atoms. The number of carbonyl (C=O) groups is 1. The standard InChI is InChI=1S/C34H34N2O5S2/c1-24-16-18-28(19-17-24)43(40,41)36-32(27-13-7-4-8-14-27)22-34(37)30-23-35(42(38,39)29-15-9-10-25(2)20-29)31(21-33(30)36)26-11-5-3-6-12-26/h3-20,30-33H,21-23H2,1-2H3/t30-,31+,32+,33+/m1/s1. The minimum Gasteiger partial charge on any atom is -0.299 e. The predicted octanol–water partition coefficient (Wildman–Crippen LogP) is 5.83. The first-order valence-electron chi connectivity index (χ1n) is 14.4. The van der Waals surface area contributed by atoms with Crippen molar-refractivity contribution in [1.82, 2.24) is 8.61 Å². The van der Waals surface area contributed by atoms with Crippen LogP contribution in [0.4, 0.5) is 0 Å². The fraction of sp³-hybridized carbons (Fsp3) is 0.265. The zero-order valence-corrected chi connectivity index (χ0v) is 25.7. The van der Waals surface area contributed by atoms with Crippen molar-refractivity contribution in [2.45, 2.75) is 54.6 Å². The zero-order chi connectivity index (χ0) is 30.4. The molecule has 0 aliphatic carbocycles. The van der Waals surface area contributed by atoms with Crippen molar-refractivity contribution in [3.05, 3.63) is 131 Å². The van der Waals surface area contributed by atoms with Gasteiger partial charge in [0.1, 0.15) is 5.78 Å². The first-order valence-corrected chi connectivity index (χ1v) is 17.3. The van der Waals surface area contributed by atoms with E-state index in [2.05, 4.69) is 0 Å². The molecule has 222 valence electrons. The molecule has 0 unspecified atom stereocenters. The van der Waals surface area contributed by atoms with Crippen LogP contribution in [0.1, 0.15) is 47.2 Å². The van der Waals surface area contributed by atoms with E-state index < -0.39 is 44.1 Å². The van der Waals surface area contributed by atoms with Crippen molar-refractivity contribution in [3.63, 3.8) is 0 Å². The lowest BCUT2D eigenvalue weighted by atomic mass is 9.77. The molecule has 7 nitrogen and oxygen atoms in total. The van der Waals surface area contributed by atoms with Crippen LogP contribution in [0, 0.1) is 19.8 Å². The second-order valence-corrected chi connectivity index (χ2v) is 15.2. The molecule has 4 aromatic rings. The van der Waals surface area contributed by atoms with Gasteiger partial charge in [0.2, 0.25) is 20.0 Å². The molecule has 2 fully saturated rings. The quantitative estimate of drug-likeness (QED) is 0.273. The fourth-order valence-electron chi connectivity index (χ4n) is 6.49. The van der Waals surface area contributed by atoms with E-state index in [-0.39, 0.29) is 35.0 Å². The Morgan fingerprint density at radius 2 is 1.23 bits per heavy atom. The predicted molar refractivity (Wildman–Crippen MR) is 165 cm³/mol. The van der Waals surface area contributed by atoms with Crippen LogP contribution in [0.3, 0.4) is 0 Å². The number of ketones is 1. The normalized spacial score (nSPS) is 23.5. The average molecular weight is 615 g/mol. The number of sulfonamides is 2. The lowest BCUT2D eigenvalue weighted by molar-refractivity contribution is -0.132. The van der Waals surface area contributed by atoms with Gasteiger partial charge in [0.15, 0.2) is 0 Å². The second kappa shape index (κ2) is 11.5. The highest BCUT2D eigenvalue weighted by atomic mass is 32.2. The number of aryl methyl sites for hydroxylation is 2. The van der Waals surface area contributed by atoms with Crippen LogP contribution in [0.25, 0.3) is 0 Å². The second-order valence-electron chi connectivity index (χ2n) is 11.5. The van der Waals surface area contributed by atoms with Crippen molar-refractivity contribution in [2.24, 2.45) is 5.92 Å². The molecule has 2 aliphatic rings. The number of hydrogen-bond donors (Lipinski definition) is 0. The van der Waals surface area contributed by atoms with Crippen LogP contribution in [-0.4, -0.2) is 43.8 Å². The van der Waals surface area contributed by atoms with Crippen LogP contribution in [0.15, 0.2) is 119 Å². The van der Waals surface area contributed by atoms with E-state index >= 15 is 0 Å². The van der Waals surface area contributed by atoms with E-state index in [1.807, 2.05) is 80.6 Å². The third-order valence-electron chi connectivity index (χ3n) is 8.66. The molecule has 0 aromatic heterocycles. The van der Waals surface area contributed by atoms with Gasteiger partial charge in [-0.1, -0.05) is 90.5 Å². The summed E-state index contributed by atoms with van der Waals surface area (Å²) in [5.41, 5.74) is 3.22. The first-order chi connectivity index (χ1) is 20.6.